The quantitative estimate of drug-likeness (QED) is 0.808. The van der Waals surface area contributed by atoms with Gasteiger partial charge in [0.2, 0.25) is 0 Å². The molecule has 0 unspecified atom stereocenters. The van der Waals surface area contributed by atoms with Gasteiger partial charge < -0.3 is 9.42 Å². The molecule has 0 spiro atoms. The van der Waals surface area contributed by atoms with E-state index in [0.29, 0.717) is 5.56 Å². The highest BCUT2D eigenvalue weighted by molar-refractivity contribution is 7.99. The number of rotatable bonds is 4. The maximum atomic E-state index is 12.8. The molecule has 3 heterocycles. The Kier molecular flexibility index (Phi) is 4.47. The first kappa shape index (κ1) is 15.1. The number of nitrogens with zero attached hydrogens (tertiary/aromatic N) is 3. The topological polar surface area (TPSA) is 59.2 Å². The molecule has 0 saturated carbocycles. The maximum absolute atomic E-state index is 12.8. The predicted molar refractivity (Wildman–Crippen MR) is 84.9 cm³/mol. The zero-order chi connectivity index (χ0) is 15.5. The summed E-state index contributed by atoms with van der Waals surface area (Å²) in [7, 11) is 0. The summed E-state index contributed by atoms with van der Waals surface area (Å²) in [6, 6.07) is 5.56. The van der Waals surface area contributed by atoms with E-state index in [4.69, 9.17) is 4.52 Å². The molecule has 1 fully saturated rings. The molecule has 116 valence electrons. The lowest BCUT2D eigenvalue weighted by atomic mass is 10.1. The van der Waals surface area contributed by atoms with E-state index >= 15 is 0 Å². The van der Waals surface area contributed by atoms with Gasteiger partial charge in [-0.25, -0.2) is 4.98 Å². The van der Waals surface area contributed by atoms with Crippen molar-refractivity contribution in [3.8, 4) is 0 Å². The molecule has 0 bridgehead atoms. The van der Waals surface area contributed by atoms with Crippen LogP contribution >= 0.6 is 11.8 Å². The van der Waals surface area contributed by atoms with Crippen LogP contribution in [0.2, 0.25) is 0 Å². The standard InChI is InChI=1S/C16H19N3O2S/c1-3-22-15-10-12(6-7-17-15)16(20)19-8-4-5-13(19)14-9-11(2)18-21-14/h6-7,9-10,13H,3-5,8H2,1-2H3/t13-/m1/s1. The Hall–Kier alpha value is -1.82. The summed E-state index contributed by atoms with van der Waals surface area (Å²) in [4.78, 5) is 19.0. The molecule has 3 rings (SSSR count). The van der Waals surface area contributed by atoms with Crippen molar-refractivity contribution in [1.29, 1.82) is 0 Å². The summed E-state index contributed by atoms with van der Waals surface area (Å²) in [6.07, 6.45) is 3.61. The second kappa shape index (κ2) is 6.52. The van der Waals surface area contributed by atoms with Crippen molar-refractivity contribution in [1.82, 2.24) is 15.0 Å². The van der Waals surface area contributed by atoms with Crippen LogP contribution in [0.15, 0.2) is 33.9 Å². The van der Waals surface area contributed by atoms with E-state index in [1.54, 1.807) is 24.0 Å². The number of pyridine rings is 1. The van der Waals surface area contributed by atoms with Crippen LogP contribution in [0.5, 0.6) is 0 Å². The first-order chi connectivity index (χ1) is 10.7. The van der Waals surface area contributed by atoms with Gasteiger partial charge in [-0.1, -0.05) is 12.1 Å². The van der Waals surface area contributed by atoms with Gasteiger partial charge in [0.25, 0.3) is 5.91 Å². The Morgan fingerprint density at radius 2 is 2.36 bits per heavy atom. The molecule has 1 amide bonds. The molecular formula is C16H19N3O2S. The van der Waals surface area contributed by atoms with E-state index in [0.717, 1.165) is 41.6 Å². The molecule has 6 heteroatoms. The lowest BCUT2D eigenvalue weighted by Gasteiger charge is -2.22. The van der Waals surface area contributed by atoms with E-state index < -0.39 is 0 Å². The second-order valence-corrected chi connectivity index (χ2v) is 6.63. The van der Waals surface area contributed by atoms with Crippen molar-refractivity contribution < 1.29 is 9.32 Å². The summed E-state index contributed by atoms with van der Waals surface area (Å²) < 4.78 is 5.37. The highest BCUT2D eigenvalue weighted by atomic mass is 32.2. The van der Waals surface area contributed by atoms with E-state index in [2.05, 4.69) is 17.1 Å². The van der Waals surface area contributed by atoms with Crippen LogP contribution in [-0.4, -0.2) is 33.2 Å². The van der Waals surface area contributed by atoms with E-state index in [9.17, 15) is 4.79 Å². The third kappa shape index (κ3) is 3.02. The van der Waals surface area contributed by atoms with Gasteiger partial charge in [0.05, 0.1) is 16.8 Å². The molecular weight excluding hydrogens is 298 g/mol. The number of aryl methyl sites for hydroxylation is 1. The highest BCUT2D eigenvalue weighted by Crippen LogP contribution is 2.33. The van der Waals surface area contributed by atoms with Crippen molar-refractivity contribution in [2.45, 2.75) is 37.8 Å². The minimum atomic E-state index is -0.0101. The van der Waals surface area contributed by atoms with Crippen LogP contribution in [0.25, 0.3) is 0 Å². The highest BCUT2D eigenvalue weighted by Gasteiger charge is 2.33. The zero-order valence-electron chi connectivity index (χ0n) is 12.8. The van der Waals surface area contributed by atoms with Gasteiger partial charge in [0.1, 0.15) is 0 Å². The van der Waals surface area contributed by atoms with Crippen molar-refractivity contribution in [2.24, 2.45) is 0 Å². The van der Waals surface area contributed by atoms with Crippen molar-refractivity contribution >= 4 is 17.7 Å². The molecule has 1 aliphatic rings. The number of aromatic nitrogens is 2. The molecule has 5 nitrogen and oxygen atoms in total. The van der Waals surface area contributed by atoms with Gasteiger partial charge in [0, 0.05) is 24.4 Å². The van der Waals surface area contributed by atoms with Crippen LogP contribution < -0.4 is 0 Å². The molecule has 0 aliphatic carbocycles. The Balaban J connectivity index is 1.83. The SMILES string of the molecule is CCSc1cc(C(=O)N2CCC[C@@H]2c2cc(C)no2)ccn1. The normalized spacial score (nSPS) is 17.9. The summed E-state index contributed by atoms with van der Waals surface area (Å²) in [5.74, 6) is 1.76. The fourth-order valence-electron chi connectivity index (χ4n) is 2.78. The molecule has 1 aliphatic heterocycles. The van der Waals surface area contributed by atoms with E-state index in [1.165, 1.54) is 0 Å². The summed E-state index contributed by atoms with van der Waals surface area (Å²) >= 11 is 1.64. The largest absolute Gasteiger partial charge is 0.359 e. The van der Waals surface area contributed by atoms with Gasteiger partial charge in [-0.05, 0) is 37.7 Å². The number of hydrogen-bond donors (Lipinski definition) is 0. The zero-order valence-corrected chi connectivity index (χ0v) is 13.6. The summed E-state index contributed by atoms with van der Waals surface area (Å²) in [6.45, 7) is 4.72. The van der Waals surface area contributed by atoms with Crippen LogP contribution in [0.4, 0.5) is 0 Å². The Bertz CT molecular complexity index is 671. The van der Waals surface area contributed by atoms with Crippen molar-refractivity contribution in [3.05, 3.63) is 41.4 Å². The van der Waals surface area contributed by atoms with E-state index in [-0.39, 0.29) is 11.9 Å². The number of likely N-dealkylation sites (tertiary alicyclic amines) is 1. The Morgan fingerprint density at radius 3 is 3.09 bits per heavy atom. The number of thioether (sulfide) groups is 1. The molecule has 0 radical (unpaired) electrons. The van der Waals surface area contributed by atoms with Gasteiger partial charge in [0.15, 0.2) is 5.76 Å². The third-order valence-corrected chi connectivity index (χ3v) is 4.57. The van der Waals surface area contributed by atoms with Crippen LogP contribution in [0.3, 0.4) is 0 Å². The Morgan fingerprint density at radius 1 is 1.50 bits per heavy atom. The third-order valence-electron chi connectivity index (χ3n) is 3.76. The molecule has 1 saturated heterocycles. The second-order valence-electron chi connectivity index (χ2n) is 5.34. The maximum Gasteiger partial charge on any atom is 0.254 e. The minimum absolute atomic E-state index is 0.0101. The van der Waals surface area contributed by atoms with Crippen molar-refractivity contribution in [2.75, 3.05) is 12.3 Å². The fourth-order valence-corrected chi connectivity index (χ4v) is 3.42. The van der Waals surface area contributed by atoms with Gasteiger partial charge >= 0.3 is 0 Å². The molecule has 1 atom stereocenters. The number of hydrogen-bond acceptors (Lipinski definition) is 5. The molecule has 2 aromatic rings. The summed E-state index contributed by atoms with van der Waals surface area (Å²) in [5, 5.41) is 4.83. The van der Waals surface area contributed by atoms with Crippen molar-refractivity contribution in [3.63, 3.8) is 0 Å². The first-order valence-corrected chi connectivity index (χ1v) is 8.50. The molecule has 0 N–H and O–H groups in total. The number of carbonyl (C=O) groups is 1. The monoisotopic (exact) mass is 317 g/mol. The smallest absolute Gasteiger partial charge is 0.254 e. The van der Waals surface area contributed by atoms with Gasteiger partial charge in [-0.15, -0.1) is 11.8 Å². The molecule has 22 heavy (non-hydrogen) atoms. The number of carbonyl (C=O) groups excluding carboxylic acids is 1. The molecule has 0 aromatic carbocycles. The van der Waals surface area contributed by atoms with Crippen LogP contribution in [-0.2, 0) is 0 Å². The minimum Gasteiger partial charge on any atom is -0.359 e. The lowest BCUT2D eigenvalue weighted by molar-refractivity contribution is 0.0714. The van der Waals surface area contributed by atoms with E-state index in [1.807, 2.05) is 24.0 Å². The average Bonchev–Trinajstić information content (AvgIpc) is 3.15. The van der Waals surface area contributed by atoms with Gasteiger partial charge in [-0.3, -0.25) is 4.79 Å². The lowest BCUT2D eigenvalue weighted by Crippen LogP contribution is -2.30. The predicted octanol–water partition coefficient (Wildman–Crippen LogP) is 3.47. The fraction of sp³-hybridized carbons (Fsp3) is 0.438. The first-order valence-electron chi connectivity index (χ1n) is 7.52. The van der Waals surface area contributed by atoms with Crippen LogP contribution in [0, 0.1) is 6.92 Å². The summed E-state index contributed by atoms with van der Waals surface area (Å²) in [5.41, 5.74) is 1.54. The van der Waals surface area contributed by atoms with Gasteiger partial charge in [-0.2, -0.15) is 0 Å². The average molecular weight is 317 g/mol. The number of amides is 1. The van der Waals surface area contributed by atoms with Crippen LogP contribution in [0.1, 0.15) is 47.6 Å². The Labute approximate surface area is 134 Å². The molecule has 2 aromatic heterocycles.